The Morgan fingerprint density at radius 2 is 1.69 bits per heavy atom. The first-order valence-corrected chi connectivity index (χ1v) is 14.6. The third kappa shape index (κ3) is 4.21. The van der Waals surface area contributed by atoms with E-state index in [2.05, 4.69) is 38.7 Å². The van der Waals surface area contributed by atoms with Crippen molar-refractivity contribution in [3.05, 3.63) is 68.4 Å². The normalized spacial score (nSPS) is 17.6. The first kappa shape index (κ1) is 25.6. The molecule has 1 aromatic carbocycles. The van der Waals surface area contributed by atoms with Gasteiger partial charge in [-0.25, -0.2) is 9.59 Å². The third-order valence-corrected chi connectivity index (χ3v) is 10.5. The summed E-state index contributed by atoms with van der Waals surface area (Å²) in [4.78, 5) is 30.5. The first-order valence-electron chi connectivity index (χ1n) is 12.9. The van der Waals surface area contributed by atoms with Gasteiger partial charge in [0.25, 0.3) is 0 Å². The molecular weight excluding hydrogens is 528 g/mol. The van der Waals surface area contributed by atoms with Crippen molar-refractivity contribution in [1.29, 1.82) is 5.26 Å². The molecule has 6 nitrogen and oxygen atoms in total. The Morgan fingerprint density at radius 3 is 2.41 bits per heavy atom. The van der Waals surface area contributed by atoms with Gasteiger partial charge in [-0.15, -0.1) is 22.7 Å². The highest BCUT2D eigenvalue weighted by molar-refractivity contribution is 7.24. The molecule has 0 saturated heterocycles. The number of thiophene rings is 2. The molecule has 1 N–H and O–H groups in total. The van der Waals surface area contributed by atoms with Gasteiger partial charge >= 0.3 is 11.6 Å². The summed E-state index contributed by atoms with van der Waals surface area (Å²) in [5.41, 5.74) is 4.27. The van der Waals surface area contributed by atoms with Gasteiger partial charge < -0.3 is 14.4 Å². The lowest BCUT2D eigenvalue weighted by Gasteiger charge is -2.48. The zero-order valence-electron chi connectivity index (χ0n) is 22.3. The number of hydrogen-bond acceptors (Lipinski definition) is 7. The summed E-state index contributed by atoms with van der Waals surface area (Å²) in [6.45, 7) is 11.1. The molecule has 0 fully saturated rings. The highest BCUT2D eigenvalue weighted by Crippen LogP contribution is 2.52. The van der Waals surface area contributed by atoms with Gasteiger partial charge in [-0.05, 0) is 71.7 Å². The summed E-state index contributed by atoms with van der Waals surface area (Å²) >= 11 is 2.90. The van der Waals surface area contributed by atoms with Gasteiger partial charge in [0.15, 0.2) is 0 Å². The Kier molecular flexibility index (Phi) is 5.87. The first-order chi connectivity index (χ1) is 18.5. The highest BCUT2D eigenvalue weighted by atomic mass is 32.1. The van der Waals surface area contributed by atoms with Crippen molar-refractivity contribution >= 4 is 51.4 Å². The number of nitriles is 1. The molecule has 0 aliphatic carbocycles. The highest BCUT2D eigenvalue weighted by Gasteiger charge is 2.42. The van der Waals surface area contributed by atoms with Gasteiger partial charge in [0.05, 0.1) is 5.56 Å². The molecule has 0 amide bonds. The topological polar surface area (TPSA) is 94.5 Å². The monoisotopic (exact) mass is 556 g/mol. The molecule has 4 aromatic rings. The van der Waals surface area contributed by atoms with Gasteiger partial charge in [0.1, 0.15) is 17.2 Å². The van der Waals surface area contributed by atoms with E-state index in [-0.39, 0.29) is 22.0 Å². The molecule has 198 valence electrons. The van der Waals surface area contributed by atoms with Gasteiger partial charge in [-0.3, -0.25) is 0 Å². The number of hydrogen-bond donors (Lipinski definition) is 1. The van der Waals surface area contributed by atoms with E-state index in [4.69, 9.17) is 14.8 Å². The van der Waals surface area contributed by atoms with Crippen LogP contribution in [0.4, 0.5) is 5.69 Å². The van der Waals surface area contributed by atoms with Crippen molar-refractivity contribution in [2.24, 2.45) is 0 Å². The second-order valence-electron chi connectivity index (χ2n) is 11.6. The summed E-state index contributed by atoms with van der Waals surface area (Å²) < 4.78 is 6.15. The Labute approximate surface area is 234 Å². The fraction of sp³-hybridized carbons (Fsp3) is 0.323. The van der Waals surface area contributed by atoms with Crippen LogP contribution in [0.2, 0.25) is 0 Å². The predicted molar refractivity (Wildman–Crippen MR) is 158 cm³/mol. The number of fused-ring (bicyclic) bond motifs is 2. The van der Waals surface area contributed by atoms with Crippen LogP contribution < -0.4 is 10.5 Å². The van der Waals surface area contributed by atoms with Crippen LogP contribution in [-0.2, 0) is 15.6 Å². The van der Waals surface area contributed by atoms with Crippen molar-refractivity contribution in [2.75, 3.05) is 18.0 Å². The zero-order valence-corrected chi connectivity index (χ0v) is 23.9. The van der Waals surface area contributed by atoms with Crippen LogP contribution in [0.15, 0.2) is 51.2 Å². The zero-order chi connectivity index (χ0) is 27.7. The van der Waals surface area contributed by atoms with Crippen LogP contribution in [0.5, 0.6) is 0 Å². The van der Waals surface area contributed by atoms with Crippen molar-refractivity contribution in [1.82, 2.24) is 0 Å². The lowest BCUT2D eigenvalue weighted by molar-refractivity contribution is -0.132. The van der Waals surface area contributed by atoms with Gasteiger partial charge in [-0.1, -0.05) is 27.7 Å². The van der Waals surface area contributed by atoms with E-state index >= 15 is 0 Å². The molecule has 0 atom stereocenters. The SMILES string of the molecule is CC1(C)CCN2CCC(C)(C)c3c2c1cc1cc(-c2ccc(-c4ccc(/C=C(\C#N)C(=O)O)s4)s2)c(=O)oc31. The number of carboxylic acid groups (broad SMARTS) is 1. The average Bonchev–Trinajstić information content (AvgIpc) is 3.55. The number of nitrogens with zero attached hydrogens (tertiary/aromatic N) is 2. The molecular formula is C31H28N2O4S2. The third-order valence-electron chi connectivity index (χ3n) is 8.11. The molecule has 2 aliphatic rings. The van der Waals surface area contributed by atoms with Gasteiger partial charge in [0, 0.05) is 49.2 Å². The minimum Gasteiger partial charge on any atom is -0.477 e. The smallest absolute Gasteiger partial charge is 0.346 e. The van der Waals surface area contributed by atoms with Crippen LogP contribution in [0, 0.1) is 11.3 Å². The largest absolute Gasteiger partial charge is 0.477 e. The summed E-state index contributed by atoms with van der Waals surface area (Å²) in [6, 6.07) is 13.5. The minimum absolute atomic E-state index is 0.0337. The Bertz CT molecular complexity index is 1790. The van der Waals surface area contributed by atoms with Crippen LogP contribution in [0.3, 0.4) is 0 Å². The second kappa shape index (κ2) is 8.94. The molecule has 5 heterocycles. The van der Waals surface area contributed by atoms with E-state index in [0.29, 0.717) is 16.0 Å². The molecule has 2 aliphatic heterocycles. The van der Waals surface area contributed by atoms with Gasteiger partial charge in [-0.2, -0.15) is 5.26 Å². The summed E-state index contributed by atoms with van der Waals surface area (Å²) in [7, 11) is 0. The van der Waals surface area contributed by atoms with E-state index in [1.54, 1.807) is 12.1 Å². The lowest BCUT2D eigenvalue weighted by Crippen LogP contribution is -2.44. The fourth-order valence-electron chi connectivity index (χ4n) is 5.79. The Morgan fingerprint density at radius 1 is 1.03 bits per heavy atom. The van der Waals surface area contributed by atoms with E-state index in [1.165, 1.54) is 40.0 Å². The van der Waals surface area contributed by atoms with Crippen LogP contribution >= 0.6 is 22.7 Å². The van der Waals surface area contributed by atoms with E-state index < -0.39 is 5.97 Å². The second-order valence-corrected chi connectivity index (χ2v) is 13.8. The molecule has 0 spiro atoms. The fourth-order valence-corrected chi connectivity index (χ4v) is 7.84. The van der Waals surface area contributed by atoms with E-state index in [1.807, 2.05) is 24.3 Å². The molecule has 6 rings (SSSR count). The molecule has 8 heteroatoms. The quantitative estimate of drug-likeness (QED) is 0.160. The Hall–Kier alpha value is -3.67. The molecule has 0 bridgehead atoms. The molecule has 39 heavy (non-hydrogen) atoms. The van der Waals surface area contributed by atoms with Crippen molar-refractivity contribution in [3.8, 4) is 26.3 Å². The van der Waals surface area contributed by atoms with Crippen LogP contribution in [-0.4, -0.2) is 24.2 Å². The lowest BCUT2D eigenvalue weighted by atomic mass is 9.69. The van der Waals surface area contributed by atoms with E-state index in [9.17, 15) is 9.59 Å². The number of anilines is 1. The maximum atomic E-state index is 13.4. The van der Waals surface area contributed by atoms with E-state index in [0.717, 1.165) is 51.5 Å². The van der Waals surface area contributed by atoms with Crippen molar-refractivity contribution in [2.45, 2.75) is 51.4 Å². The van der Waals surface area contributed by atoms with Crippen molar-refractivity contribution in [3.63, 3.8) is 0 Å². The number of rotatable bonds is 4. The number of carbonyl (C=O) groups is 1. The average molecular weight is 557 g/mol. The van der Waals surface area contributed by atoms with Crippen LogP contribution in [0.25, 0.3) is 37.2 Å². The Balaban J connectivity index is 1.45. The number of carboxylic acids is 1. The van der Waals surface area contributed by atoms with Crippen molar-refractivity contribution < 1.29 is 14.3 Å². The number of benzene rings is 1. The molecule has 0 unspecified atom stereocenters. The van der Waals surface area contributed by atoms with Crippen LogP contribution in [0.1, 0.15) is 56.5 Å². The van der Waals surface area contributed by atoms with Gasteiger partial charge in [0.2, 0.25) is 0 Å². The molecule has 0 saturated carbocycles. The molecule has 3 aromatic heterocycles. The minimum atomic E-state index is -1.25. The predicted octanol–water partition coefficient (Wildman–Crippen LogP) is 7.41. The molecule has 0 radical (unpaired) electrons. The standard InChI is InChI=1S/C31H28N2O4S2/c1-30(2)9-11-33-12-10-31(3,4)25-26(33)21(30)15-17-14-20(29(36)37-27(17)25)22-7-8-24(39-22)23-6-5-19(38-23)13-18(16-32)28(34)35/h5-8,13-15H,9-12H2,1-4H3,(H,34,35)/b18-13+. The maximum absolute atomic E-state index is 13.4. The maximum Gasteiger partial charge on any atom is 0.346 e. The summed E-state index contributed by atoms with van der Waals surface area (Å²) in [5, 5.41) is 19.1. The number of aliphatic carboxylic acids is 1. The summed E-state index contributed by atoms with van der Waals surface area (Å²) in [5.74, 6) is -1.25. The summed E-state index contributed by atoms with van der Waals surface area (Å²) in [6.07, 6.45) is 3.48.